The van der Waals surface area contributed by atoms with Crippen molar-refractivity contribution in [1.29, 1.82) is 0 Å². The number of anilines is 1. The number of methoxy groups -OCH3 is 4. The van der Waals surface area contributed by atoms with E-state index in [0.29, 0.717) is 22.1 Å². The van der Waals surface area contributed by atoms with Gasteiger partial charge in [-0.3, -0.25) is 13.9 Å². The van der Waals surface area contributed by atoms with E-state index in [1.165, 1.54) is 57.6 Å². The minimum Gasteiger partial charge on any atom is -0.497 e. The summed E-state index contributed by atoms with van der Waals surface area (Å²) in [5, 5.41) is 3.45. The van der Waals surface area contributed by atoms with Crippen LogP contribution in [0.25, 0.3) is 0 Å². The molecule has 0 aromatic heterocycles. The van der Waals surface area contributed by atoms with Gasteiger partial charge in [0.05, 0.1) is 39.0 Å². The molecule has 0 radical (unpaired) electrons. The minimum absolute atomic E-state index is 0.0154. The van der Waals surface area contributed by atoms with Gasteiger partial charge in [0, 0.05) is 36.2 Å². The first-order valence-electron chi connectivity index (χ1n) is 15.8. The smallest absolute Gasteiger partial charge is 0.265 e. The van der Waals surface area contributed by atoms with Crippen LogP contribution in [0.15, 0.2) is 95.9 Å². The van der Waals surface area contributed by atoms with Gasteiger partial charge in [-0.05, 0) is 61.4 Å². The van der Waals surface area contributed by atoms with Crippen molar-refractivity contribution in [1.82, 2.24) is 10.2 Å². The lowest BCUT2D eigenvalue weighted by atomic mass is 10.0. The molecular formula is C37H42ClN3O8S. The van der Waals surface area contributed by atoms with Crippen molar-refractivity contribution in [3.8, 4) is 23.0 Å². The molecule has 13 heteroatoms. The highest BCUT2D eigenvalue weighted by atomic mass is 35.5. The summed E-state index contributed by atoms with van der Waals surface area (Å²) in [4.78, 5) is 29.9. The van der Waals surface area contributed by atoms with Gasteiger partial charge in [-0.25, -0.2) is 8.42 Å². The lowest BCUT2D eigenvalue weighted by Gasteiger charge is -2.34. The zero-order valence-corrected chi connectivity index (χ0v) is 30.5. The normalized spacial score (nSPS) is 11.8. The molecule has 0 aliphatic carbocycles. The van der Waals surface area contributed by atoms with E-state index in [-0.39, 0.29) is 47.0 Å². The maximum atomic E-state index is 14.8. The van der Waals surface area contributed by atoms with Crippen molar-refractivity contribution in [3.05, 3.63) is 107 Å². The van der Waals surface area contributed by atoms with Crippen LogP contribution in [-0.2, 0) is 32.6 Å². The van der Waals surface area contributed by atoms with Crippen molar-refractivity contribution < 1.29 is 37.0 Å². The topological polar surface area (TPSA) is 124 Å². The number of ether oxygens (including phenoxy) is 4. The Morgan fingerprint density at radius 1 is 0.760 bits per heavy atom. The quantitative estimate of drug-likeness (QED) is 0.156. The van der Waals surface area contributed by atoms with E-state index in [2.05, 4.69) is 5.32 Å². The average molecular weight is 724 g/mol. The van der Waals surface area contributed by atoms with Crippen molar-refractivity contribution in [2.75, 3.05) is 39.3 Å². The number of benzene rings is 4. The summed E-state index contributed by atoms with van der Waals surface area (Å²) in [6, 6.07) is 23.7. The first-order valence-corrected chi connectivity index (χ1v) is 17.6. The fourth-order valence-corrected chi connectivity index (χ4v) is 6.89. The Kier molecular flexibility index (Phi) is 13.0. The summed E-state index contributed by atoms with van der Waals surface area (Å²) < 4.78 is 52.0. The lowest BCUT2D eigenvalue weighted by Crippen LogP contribution is -2.54. The third-order valence-electron chi connectivity index (χ3n) is 7.84. The molecule has 0 spiro atoms. The van der Waals surface area contributed by atoms with Gasteiger partial charge < -0.3 is 29.2 Å². The van der Waals surface area contributed by atoms with E-state index in [0.717, 1.165) is 9.87 Å². The molecule has 0 saturated heterocycles. The van der Waals surface area contributed by atoms with Crippen molar-refractivity contribution in [3.63, 3.8) is 0 Å². The summed E-state index contributed by atoms with van der Waals surface area (Å²) in [6.07, 6.45) is 0.170. The summed E-state index contributed by atoms with van der Waals surface area (Å²) in [5.74, 6) is -0.0346. The second-order valence-electron chi connectivity index (χ2n) is 11.6. The summed E-state index contributed by atoms with van der Waals surface area (Å²) in [7, 11) is 1.17. The second-order valence-corrected chi connectivity index (χ2v) is 13.9. The van der Waals surface area contributed by atoms with Gasteiger partial charge in [-0.15, -0.1) is 0 Å². The number of hydrogen-bond acceptors (Lipinski definition) is 8. The summed E-state index contributed by atoms with van der Waals surface area (Å²) in [5.41, 5.74) is 1.55. The molecule has 0 aliphatic heterocycles. The second kappa shape index (κ2) is 17.1. The van der Waals surface area contributed by atoms with Gasteiger partial charge in [0.1, 0.15) is 24.1 Å². The van der Waals surface area contributed by atoms with Gasteiger partial charge in [0.15, 0.2) is 11.5 Å². The first kappa shape index (κ1) is 37.9. The highest BCUT2D eigenvalue weighted by molar-refractivity contribution is 7.92. The van der Waals surface area contributed by atoms with Gasteiger partial charge in [0.25, 0.3) is 10.0 Å². The molecule has 2 amide bonds. The molecule has 0 bridgehead atoms. The Hall–Kier alpha value is -4.94. The highest BCUT2D eigenvalue weighted by Crippen LogP contribution is 2.38. The molecular weight excluding hydrogens is 682 g/mol. The average Bonchev–Trinajstić information content (AvgIpc) is 3.12. The van der Waals surface area contributed by atoms with E-state index < -0.39 is 28.5 Å². The molecule has 4 rings (SSSR count). The largest absolute Gasteiger partial charge is 0.497 e. The van der Waals surface area contributed by atoms with Crippen LogP contribution >= 0.6 is 11.6 Å². The Balaban J connectivity index is 1.90. The van der Waals surface area contributed by atoms with E-state index in [1.807, 2.05) is 44.2 Å². The Morgan fingerprint density at radius 3 is 2.00 bits per heavy atom. The molecule has 1 atom stereocenters. The van der Waals surface area contributed by atoms with Crippen LogP contribution in [0.5, 0.6) is 23.0 Å². The van der Waals surface area contributed by atoms with E-state index >= 15 is 0 Å². The standard InChI is InChI=1S/C37H42ClN3O8S/c1-25(2)39-37(43)32(20-26-10-8-7-9-11-26)40(23-27-12-14-28(38)15-13-27)36(42)24-41(31-21-29(46-3)16-18-33(31)47-4)50(44,45)30-17-19-34(48-5)35(22-30)49-6/h7-19,21-22,25,32H,20,23-24H2,1-6H3,(H,39,43)/t32-/m0/s1. The Bertz CT molecular complexity index is 1870. The van der Waals surface area contributed by atoms with Crippen LogP contribution in [-0.4, -0.2) is 72.2 Å². The molecule has 0 fully saturated rings. The molecule has 0 unspecified atom stereocenters. The number of carbonyl (C=O) groups is 2. The first-order chi connectivity index (χ1) is 23.9. The van der Waals surface area contributed by atoms with Crippen LogP contribution < -0.4 is 28.6 Å². The molecule has 266 valence electrons. The fraction of sp³-hybridized carbons (Fsp3) is 0.297. The van der Waals surface area contributed by atoms with Crippen LogP contribution in [0.2, 0.25) is 5.02 Å². The predicted molar refractivity (Wildman–Crippen MR) is 193 cm³/mol. The molecule has 4 aromatic carbocycles. The van der Waals surface area contributed by atoms with Crippen molar-refractivity contribution >= 4 is 39.1 Å². The van der Waals surface area contributed by atoms with E-state index in [1.54, 1.807) is 36.4 Å². The molecule has 0 saturated carbocycles. The highest BCUT2D eigenvalue weighted by Gasteiger charge is 2.36. The maximum Gasteiger partial charge on any atom is 0.265 e. The van der Waals surface area contributed by atoms with Crippen LogP contribution in [0, 0.1) is 0 Å². The molecule has 11 nitrogen and oxygen atoms in total. The number of halogens is 1. The Labute approximate surface area is 298 Å². The third kappa shape index (κ3) is 9.19. The Morgan fingerprint density at radius 2 is 1.40 bits per heavy atom. The minimum atomic E-state index is -4.50. The monoisotopic (exact) mass is 723 g/mol. The number of carbonyl (C=O) groups excluding carboxylic acids is 2. The molecule has 4 aromatic rings. The molecule has 0 aliphatic rings. The number of amides is 2. The van der Waals surface area contributed by atoms with Crippen molar-refractivity contribution in [2.45, 2.75) is 43.8 Å². The number of rotatable bonds is 16. The maximum absolute atomic E-state index is 14.8. The van der Waals surface area contributed by atoms with Crippen LogP contribution in [0.4, 0.5) is 5.69 Å². The van der Waals surface area contributed by atoms with E-state index in [9.17, 15) is 18.0 Å². The number of hydrogen-bond donors (Lipinski definition) is 1. The molecule has 0 heterocycles. The van der Waals surface area contributed by atoms with Crippen molar-refractivity contribution in [2.24, 2.45) is 0 Å². The van der Waals surface area contributed by atoms with Crippen LogP contribution in [0.3, 0.4) is 0 Å². The van der Waals surface area contributed by atoms with Gasteiger partial charge >= 0.3 is 0 Å². The molecule has 50 heavy (non-hydrogen) atoms. The van der Waals surface area contributed by atoms with E-state index in [4.69, 9.17) is 30.5 Å². The third-order valence-corrected chi connectivity index (χ3v) is 9.85. The molecule has 1 N–H and O–H groups in total. The number of sulfonamides is 1. The predicted octanol–water partition coefficient (Wildman–Crippen LogP) is 5.73. The van der Waals surface area contributed by atoms with Gasteiger partial charge in [-0.1, -0.05) is 54.1 Å². The lowest BCUT2D eigenvalue weighted by molar-refractivity contribution is -0.140. The number of nitrogens with one attached hydrogen (secondary N) is 1. The van der Waals surface area contributed by atoms with Gasteiger partial charge in [0.2, 0.25) is 11.8 Å². The zero-order valence-electron chi connectivity index (χ0n) is 28.9. The van der Waals surface area contributed by atoms with Gasteiger partial charge in [-0.2, -0.15) is 0 Å². The number of nitrogens with zero attached hydrogens (tertiary/aromatic N) is 2. The fourth-order valence-electron chi connectivity index (χ4n) is 5.33. The SMILES string of the molecule is COc1ccc(OC)c(N(CC(=O)N(Cc2ccc(Cl)cc2)[C@@H](Cc2ccccc2)C(=O)NC(C)C)S(=O)(=O)c2ccc(OC)c(OC)c2)c1. The zero-order chi connectivity index (χ0) is 36.4. The summed E-state index contributed by atoms with van der Waals surface area (Å²) in [6.45, 7) is 2.94. The van der Waals surface area contributed by atoms with Crippen LogP contribution in [0.1, 0.15) is 25.0 Å². The summed E-state index contributed by atoms with van der Waals surface area (Å²) >= 11 is 6.17.